The van der Waals surface area contributed by atoms with E-state index in [9.17, 15) is 14.7 Å². The molecule has 8 heteroatoms. The van der Waals surface area contributed by atoms with Gasteiger partial charge in [0.2, 0.25) is 0 Å². The number of carbonyl (C=O) groups is 2. The van der Waals surface area contributed by atoms with Crippen LogP contribution in [0.4, 0.5) is 5.69 Å². The van der Waals surface area contributed by atoms with E-state index in [1.54, 1.807) is 54.6 Å². The van der Waals surface area contributed by atoms with Crippen LogP contribution in [0.2, 0.25) is 5.02 Å². The van der Waals surface area contributed by atoms with E-state index in [4.69, 9.17) is 26.3 Å². The van der Waals surface area contributed by atoms with Gasteiger partial charge in [0.1, 0.15) is 17.3 Å². The number of amides is 1. The van der Waals surface area contributed by atoms with Crippen molar-refractivity contribution in [2.75, 3.05) is 19.1 Å². The molecular formula is C26H19ClN2O5. The summed E-state index contributed by atoms with van der Waals surface area (Å²) in [4.78, 5) is 27.7. The molecule has 1 heterocycles. The summed E-state index contributed by atoms with van der Waals surface area (Å²) in [6.07, 6.45) is 0. The van der Waals surface area contributed by atoms with E-state index in [1.165, 1.54) is 31.3 Å². The Morgan fingerprint density at radius 3 is 2.18 bits per heavy atom. The maximum absolute atomic E-state index is 13.2. The molecule has 1 fully saturated rings. The van der Waals surface area contributed by atoms with Gasteiger partial charge in [-0.05, 0) is 60.2 Å². The number of halogens is 1. The maximum Gasteiger partial charge on any atom is 0.300 e. The molecule has 3 aromatic carbocycles. The summed E-state index contributed by atoms with van der Waals surface area (Å²) in [6, 6.07) is 18.8. The second kappa shape index (κ2) is 9.30. The fraction of sp³-hybridized carbons (Fsp3) is 0.115. The number of ether oxygens (including phenoxy) is 2. The fourth-order valence-corrected chi connectivity index (χ4v) is 4.06. The number of carbonyl (C=O) groups excluding carboxylic acids is 2. The predicted molar refractivity (Wildman–Crippen MR) is 127 cm³/mol. The fourth-order valence-electron chi connectivity index (χ4n) is 3.85. The van der Waals surface area contributed by atoms with Gasteiger partial charge in [-0.1, -0.05) is 23.7 Å². The first-order valence-electron chi connectivity index (χ1n) is 10.2. The quantitative estimate of drug-likeness (QED) is 0.322. The molecule has 1 saturated heterocycles. The third kappa shape index (κ3) is 3.96. The largest absolute Gasteiger partial charge is 0.507 e. The molecule has 1 aliphatic heterocycles. The minimum absolute atomic E-state index is 0.116. The van der Waals surface area contributed by atoms with Crippen LogP contribution >= 0.6 is 11.6 Å². The van der Waals surface area contributed by atoms with Gasteiger partial charge in [0.05, 0.1) is 42.5 Å². The zero-order valence-electron chi connectivity index (χ0n) is 18.3. The lowest BCUT2D eigenvalue weighted by Crippen LogP contribution is -2.29. The van der Waals surface area contributed by atoms with Crippen molar-refractivity contribution in [1.82, 2.24) is 0 Å². The summed E-state index contributed by atoms with van der Waals surface area (Å²) >= 11 is 6.32. The van der Waals surface area contributed by atoms with Crippen molar-refractivity contribution >= 4 is 34.7 Å². The highest BCUT2D eigenvalue weighted by Crippen LogP contribution is 2.43. The zero-order chi connectivity index (χ0) is 24.4. The van der Waals surface area contributed by atoms with E-state index >= 15 is 0 Å². The van der Waals surface area contributed by atoms with Crippen LogP contribution in [-0.4, -0.2) is 31.0 Å². The molecule has 7 nitrogen and oxygen atoms in total. The number of benzene rings is 3. The van der Waals surface area contributed by atoms with Crippen LogP contribution in [0.15, 0.2) is 72.3 Å². The smallest absolute Gasteiger partial charge is 0.300 e. The van der Waals surface area contributed by atoms with E-state index in [0.717, 1.165) is 0 Å². The maximum atomic E-state index is 13.2. The van der Waals surface area contributed by atoms with Crippen molar-refractivity contribution in [2.24, 2.45) is 0 Å². The monoisotopic (exact) mass is 474 g/mol. The van der Waals surface area contributed by atoms with Gasteiger partial charge in [0, 0.05) is 11.3 Å². The lowest BCUT2D eigenvalue weighted by atomic mass is 9.95. The van der Waals surface area contributed by atoms with Crippen LogP contribution < -0.4 is 14.4 Å². The van der Waals surface area contributed by atoms with Crippen molar-refractivity contribution in [3.8, 4) is 17.6 Å². The Kier molecular flexibility index (Phi) is 6.26. The number of methoxy groups -OCH3 is 2. The molecule has 3 aromatic rings. The number of anilines is 1. The van der Waals surface area contributed by atoms with E-state index in [1.807, 2.05) is 6.07 Å². The van der Waals surface area contributed by atoms with Gasteiger partial charge >= 0.3 is 0 Å². The van der Waals surface area contributed by atoms with Crippen LogP contribution in [0.3, 0.4) is 0 Å². The molecule has 0 aromatic heterocycles. The normalized spacial score (nSPS) is 16.9. The Hall–Kier alpha value is -4.28. The van der Waals surface area contributed by atoms with E-state index in [-0.39, 0.29) is 16.2 Å². The Bertz CT molecular complexity index is 1340. The Morgan fingerprint density at radius 2 is 1.59 bits per heavy atom. The number of hydrogen-bond acceptors (Lipinski definition) is 6. The van der Waals surface area contributed by atoms with Crippen LogP contribution in [-0.2, 0) is 9.59 Å². The molecule has 0 saturated carbocycles. The van der Waals surface area contributed by atoms with Crippen molar-refractivity contribution in [3.05, 3.63) is 94.0 Å². The molecule has 34 heavy (non-hydrogen) atoms. The Morgan fingerprint density at radius 1 is 0.971 bits per heavy atom. The first kappa shape index (κ1) is 22.9. The highest BCUT2D eigenvalue weighted by atomic mass is 35.5. The van der Waals surface area contributed by atoms with Crippen LogP contribution in [0.5, 0.6) is 11.5 Å². The SMILES string of the molecule is COc1ccc(C2/C(=C(\O)c3cc(OC)ccc3Cl)C(=O)C(=O)N2c2ccc(C#N)cc2)cc1. The van der Waals surface area contributed by atoms with Gasteiger partial charge in [-0.15, -0.1) is 0 Å². The molecule has 1 atom stereocenters. The Balaban J connectivity index is 1.95. The van der Waals surface area contributed by atoms with E-state index < -0.39 is 23.5 Å². The Labute approximate surface area is 201 Å². The first-order valence-corrected chi connectivity index (χ1v) is 10.6. The van der Waals surface area contributed by atoms with Gasteiger partial charge in [0.25, 0.3) is 11.7 Å². The number of ketones is 1. The number of aliphatic hydroxyl groups is 1. The van der Waals surface area contributed by atoms with Crippen molar-refractivity contribution in [2.45, 2.75) is 6.04 Å². The van der Waals surface area contributed by atoms with Gasteiger partial charge < -0.3 is 14.6 Å². The molecular weight excluding hydrogens is 456 g/mol. The molecule has 1 aliphatic rings. The summed E-state index contributed by atoms with van der Waals surface area (Å²) in [5.41, 5.74) is 1.43. The summed E-state index contributed by atoms with van der Waals surface area (Å²) in [7, 11) is 3.00. The molecule has 0 aliphatic carbocycles. The highest BCUT2D eigenvalue weighted by molar-refractivity contribution is 6.52. The third-order valence-electron chi connectivity index (χ3n) is 5.58. The molecule has 1 unspecified atom stereocenters. The predicted octanol–water partition coefficient (Wildman–Crippen LogP) is 4.86. The summed E-state index contributed by atoms with van der Waals surface area (Å²) < 4.78 is 10.5. The van der Waals surface area contributed by atoms with Crippen LogP contribution in [0.25, 0.3) is 5.76 Å². The standard InChI is InChI=1S/C26H19ClN2O5/c1-33-18-9-5-16(6-10-18)23-22(24(30)20-13-19(34-2)11-12-21(20)27)25(31)26(32)29(23)17-7-3-15(14-28)4-8-17/h3-13,23,30H,1-2H3/b24-22+. The summed E-state index contributed by atoms with van der Waals surface area (Å²) in [6.45, 7) is 0. The minimum Gasteiger partial charge on any atom is -0.507 e. The molecule has 0 bridgehead atoms. The lowest BCUT2D eigenvalue weighted by Gasteiger charge is -2.25. The average molecular weight is 475 g/mol. The zero-order valence-corrected chi connectivity index (χ0v) is 19.0. The average Bonchev–Trinajstić information content (AvgIpc) is 3.14. The molecule has 1 amide bonds. The van der Waals surface area contributed by atoms with Crippen molar-refractivity contribution in [1.29, 1.82) is 5.26 Å². The summed E-state index contributed by atoms with van der Waals surface area (Å²) in [5.74, 6) is -1.07. The number of Topliss-reactive ketones (excluding diaryl/α,β-unsaturated/α-hetero) is 1. The highest BCUT2D eigenvalue weighted by Gasteiger charge is 2.47. The number of nitrogens with zero attached hydrogens (tertiary/aromatic N) is 2. The second-order valence-electron chi connectivity index (χ2n) is 7.45. The van der Waals surface area contributed by atoms with E-state index in [0.29, 0.717) is 28.3 Å². The van der Waals surface area contributed by atoms with Crippen molar-refractivity contribution < 1.29 is 24.2 Å². The number of rotatable bonds is 5. The number of nitriles is 1. The van der Waals surface area contributed by atoms with Gasteiger partial charge in [0.15, 0.2) is 0 Å². The molecule has 0 radical (unpaired) electrons. The van der Waals surface area contributed by atoms with Gasteiger partial charge in [-0.3, -0.25) is 14.5 Å². The lowest BCUT2D eigenvalue weighted by molar-refractivity contribution is -0.132. The van der Waals surface area contributed by atoms with Crippen LogP contribution in [0.1, 0.15) is 22.7 Å². The van der Waals surface area contributed by atoms with Crippen molar-refractivity contribution in [3.63, 3.8) is 0 Å². The number of hydrogen-bond donors (Lipinski definition) is 1. The minimum atomic E-state index is -0.943. The van der Waals surface area contributed by atoms with Crippen LogP contribution in [0, 0.1) is 11.3 Å². The molecule has 170 valence electrons. The molecule has 0 spiro atoms. The van der Waals surface area contributed by atoms with Gasteiger partial charge in [-0.25, -0.2) is 0 Å². The molecule has 4 rings (SSSR count). The van der Waals surface area contributed by atoms with E-state index in [2.05, 4.69) is 0 Å². The molecule has 1 N–H and O–H groups in total. The topological polar surface area (TPSA) is 99.9 Å². The first-order chi connectivity index (χ1) is 16.4. The number of aliphatic hydroxyl groups excluding tert-OH is 1. The summed E-state index contributed by atoms with van der Waals surface area (Å²) in [5, 5.41) is 20.6. The third-order valence-corrected chi connectivity index (χ3v) is 5.91. The van der Waals surface area contributed by atoms with Gasteiger partial charge in [-0.2, -0.15) is 5.26 Å². The second-order valence-corrected chi connectivity index (χ2v) is 7.85.